The van der Waals surface area contributed by atoms with E-state index in [0.717, 1.165) is 26.5 Å². The van der Waals surface area contributed by atoms with Crippen molar-refractivity contribution in [1.29, 1.82) is 0 Å². The van der Waals surface area contributed by atoms with Gasteiger partial charge in [-0.2, -0.15) is 0 Å². The van der Waals surface area contributed by atoms with Gasteiger partial charge in [0.1, 0.15) is 11.5 Å². The second-order valence-corrected chi connectivity index (χ2v) is 7.80. The van der Waals surface area contributed by atoms with Crippen LogP contribution in [-0.4, -0.2) is 36.5 Å². The van der Waals surface area contributed by atoms with Crippen LogP contribution in [0.1, 0.15) is 17.5 Å². The number of ether oxygens (including phenoxy) is 1. The topological polar surface area (TPSA) is 96.9 Å². The molecule has 2 aromatic rings. The van der Waals surface area contributed by atoms with Crippen molar-refractivity contribution in [1.82, 2.24) is 5.32 Å². The molecule has 4 N–H and O–H groups in total. The van der Waals surface area contributed by atoms with Gasteiger partial charge in [-0.1, -0.05) is 35.5 Å². The van der Waals surface area contributed by atoms with Gasteiger partial charge >= 0.3 is 0 Å². The molecular formula is C20H24Br2ClN3O3. The van der Waals surface area contributed by atoms with E-state index >= 15 is 0 Å². The van der Waals surface area contributed by atoms with Crippen LogP contribution < -0.4 is 15.8 Å². The molecule has 29 heavy (non-hydrogen) atoms. The molecule has 0 heterocycles. The molecule has 0 spiro atoms. The Balaban J connectivity index is 0.00000420. The zero-order chi connectivity index (χ0) is 20.4. The molecule has 2 aromatic carbocycles. The van der Waals surface area contributed by atoms with E-state index in [1.54, 1.807) is 0 Å². The smallest absolute Gasteiger partial charge is 0.269 e. The molecule has 9 heteroatoms. The van der Waals surface area contributed by atoms with Crippen LogP contribution in [0.2, 0.25) is 0 Å². The van der Waals surface area contributed by atoms with E-state index in [0.29, 0.717) is 31.9 Å². The van der Waals surface area contributed by atoms with Crippen LogP contribution in [0.4, 0.5) is 0 Å². The van der Waals surface area contributed by atoms with Gasteiger partial charge in [-0.25, -0.2) is 0 Å². The highest BCUT2D eigenvalue weighted by atomic mass is 79.9. The third-order valence-electron chi connectivity index (χ3n) is 3.95. The maximum Gasteiger partial charge on any atom is 0.269 e. The zero-order valence-electron chi connectivity index (χ0n) is 15.7. The summed E-state index contributed by atoms with van der Waals surface area (Å²) in [4.78, 5) is 12.3. The second kappa shape index (κ2) is 13.6. The molecule has 2 rings (SSSR count). The van der Waals surface area contributed by atoms with Gasteiger partial charge in [-0.3, -0.25) is 4.79 Å². The molecule has 6 nitrogen and oxygen atoms in total. The number of rotatable bonds is 10. The van der Waals surface area contributed by atoms with Gasteiger partial charge in [-0.15, -0.1) is 12.4 Å². The minimum atomic E-state index is -0.394. The fourth-order valence-corrected chi connectivity index (χ4v) is 4.04. The van der Waals surface area contributed by atoms with Crippen LogP contribution >= 0.6 is 44.3 Å². The fraction of sp³-hybridized carbons (Fsp3) is 0.300. The second-order valence-electron chi connectivity index (χ2n) is 6.09. The molecule has 0 bridgehead atoms. The number of benzene rings is 2. The predicted octanol–water partition coefficient (Wildman–Crippen LogP) is 4.09. The number of oxime groups is 1. The average Bonchev–Trinajstić information content (AvgIpc) is 2.69. The summed E-state index contributed by atoms with van der Waals surface area (Å²) in [6.07, 6.45) is 1.65. The maximum absolute atomic E-state index is 12.3. The highest BCUT2D eigenvalue weighted by molar-refractivity contribution is 9.11. The number of hydrogen-bond acceptors (Lipinski definition) is 5. The first-order valence-electron chi connectivity index (χ1n) is 8.89. The highest BCUT2D eigenvalue weighted by Crippen LogP contribution is 2.35. The number of nitrogens with one attached hydrogen (secondary N) is 1. The fourth-order valence-electron chi connectivity index (χ4n) is 2.53. The van der Waals surface area contributed by atoms with Crippen molar-refractivity contribution < 1.29 is 14.7 Å². The number of carbonyl (C=O) groups excluding carboxylic acids is 1. The molecule has 0 saturated carbocycles. The van der Waals surface area contributed by atoms with Gasteiger partial charge in [0.05, 0.1) is 15.6 Å². The monoisotopic (exact) mass is 547 g/mol. The van der Waals surface area contributed by atoms with Crippen molar-refractivity contribution in [2.75, 3.05) is 19.7 Å². The number of halogens is 3. The van der Waals surface area contributed by atoms with Gasteiger partial charge in [-0.05, 0) is 74.5 Å². The van der Waals surface area contributed by atoms with Gasteiger partial charge in [0.2, 0.25) is 0 Å². The average molecular weight is 550 g/mol. The molecule has 0 radical (unpaired) electrons. The summed E-state index contributed by atoms with van der Waals surface area (Å²) in [6.45, 7) is 1.53. The molecular weight excluding hydrogens is 525 g/mol. The maximum atomic E-state index is 12.3. The van der Waals surface area contributed by atoms with Crippen LogP contribution in [-0.2, 0) is 17.6 Å². The van der Waals surface area contributed by atoms with Gasteiger partial charge < -0.3 is 21.0 Å². The van der Waals surface area contributed by atoms with Crippen molar-refractivity contribution in [3.05, 3.63) is 62.5 Å². The molecule has 0 atom stereocenters. The van der Waals surface area contributed by atoms with E-state index in [4.69, 9.17) is 10.5 Å². The lowest BCUT2D eigenvalue weighted by molar-refractivity contribution is -0.115. The number of hydrogen-bond donors (Lipinski definition) is 3. The third-order valence-corrected chi connectivity index (χ3v) is 5.13. The van der Waals surface area contributed by atoms with Gasteiger partial charge in [0, 0.05) is 13.0 Å². The molecule has 1 amide bonds. The summed E-state index contributed by atoms with van der Waals surface area (Å²) in [5.74, 6) is 0.279. The lowest BCUT2D eigenvalue weighted by atomic mass is 10.1. The Morgan fingerprint density at radius 3 is 2.38 bits per heavy atom. The number of nitrogens with zero attached hydrogens (tertiary/aromatic N) is 1. The minimum absolute atomic E-state index is 0. The van der Waals surface area contributed by atoms with Crippen LogP contribution in [0.5, 0.6) is 5.75 Å². The summed E-state index contributed by atoms with van der Waals surface area (Å²) in [5, 5.41) is 15.2. The summed E-state index contributed by atoms with van der Waals surface area (Å²) in [7, 11) is 0. The van der Waals surface area contributed by atoms with Gasteiger partial charge in [0.15, 0.2) is 0 Å². The Kier molecular flexibility index (Phi) is 11.9. The molecule has 0 unspecified atom stereocenters. The Hall–Kier alpha value is -1.61. The standard InChI is InChI=1S/C20H23Br2N3O3.ClH/c21-16-11-15(12-17(22)19(16)28-10-4-8-23)13-18(25-27)20(26)24-9-7-14-5-2-1-3-6-14;/h1-3,5-6,11-12,27H,4,7-10,13,23H2,(H,24,26);1H/b25-18-;. The van der Waals surface area contributed by atoms with Crippen LogP contribution in [0, 0.1) is 0 Å². The first kappa shape index (κ1) is 25.4. The van der Waals surface area contributed by atoms with Crippen molar-refractivity contribution in [2.45, 2.75) is 19.3 Å². The van der Waals surface area contributed by atoms with E-state index in [2.05, 4.69) is 42.3 Å². The first-order valence-corrected chi connectivity index (χ1v) is 10.5. The number of amides is 1. The SMILES string of the molecule is Cl.NCCCOc1c(Br)cc(C/C(=N/O)C(=O)NCCc2ccccc2)cc1Br. The van der Waals surface area contributed by atoms with Crippen LogP contribution in [0.3, 0.4) is 0 Å². The predicted molar refractivity (Wildman–Crippen MR) is 124 cm³/mol. The lowest BCUT2D eigenvalue weighted by Crippen LogP contribution is -2.33. The van der Waals surface area contributed by atoms with Crippen LogP contribution in [0.15, 0.2) is 56.6 Å². The molecule has 0 aromatic heterocycles. The van der Waals surface area contributed by atoms with Crippen molar-refractivity contribution >= 4 is 55.9 Å². The Bertz CT molecular complexity index is 797. The quantitative estimate of drug-likeness (QED) is 0.180. The van der Waals surface area contributed by atoms with Crippen molar-refractivity contribution in [3.63, 3.8) is 0 Å². The van der Waals surface area contributed by atoms with E-state index in [9.17, 15) is 10.0 Å². The number of nitrogens with two attached hydrogens (primary N) is 1. The Labute approximate surface area is 193 Å². The number of carbonyl (C=O) groups is 1. The lowest BCUT2D eigenvalue weighted by Gasteiger charge is -2.12. The summed E-state index contributed by atoms with van der Waals surface area (Å²) in [6, 6.07) is 13.5. The third kappa shape index (κ3) is 8.34. The van der Waals surface area contributed by atoms with E-state index < -0.39 is 5.91 Å². The van der Waals surface area contributed by atoms with Gasteiger partial charge in [0.25, 0.3) is 5.91 Å². The molecule has 0 aliphatic heterocycles. The first-order chi connectivity index (χ1) is 13.5. The summed E-state index contributed by atoms with van der Waals surface area (Å²) < 4.78 is 7.20. The molecule has 0 aliphatic carbocycles. The Morgan fingerprint density at radius 2 is 1.79 bits per heavy atom. The van der Waals surface area contributed by atoms with E-state index in [-0.39, 0.29) is 24.5 Å². The van der Waals surface area contributed by atoms with E-state index in [1.807, 2.05) is 42.5 Å². The highest BCUT2D eigenvalue weighted by Gasteiger charge is 2.16. The van der Waals surface area contributed by atoms with Crippen molar-refractivity contribution in [3.8, 4) is 5.75 Å². The molecule has 0 saturated heterocycles. The largest absolute Gasteiger partial charge is 0.491 e. The minimum Gasteiger partial charge on any atom is -0.491 e. The summed E-state index contributed by atoms with van der Waals surface area (Å²) >= 11 is 6.96. The molecule has 158 valence electrons. The Morgan fingerprint density at radius 1 is 1.14 bits per heavy atom. The molecule has 0 fully saturated rings. The zero-order valence-corrected chi connectivity index (χ0v) is 19.7. The van der Waals surface area contributed by atoms with Crippen LogP contribution in [0.25, 0.3) is 0 Å². The normalized spacial score (nSPS) is 10.9. The summed E-state index contributed by atoms with van der Waals surface area (Å²) in [5.41, 5.74) is 7.46. The molecule has 0 aliphatic rings. The van der Waals surface area contributed by atoms with E-state index in [1.165, 1.54) is 0 Å². The van der Waals surface area contributed by atoms with Crippen molar-refractivity contribution in [2.24, 2.45) is 10.9 Å².